The highest BCUT2D eigenvalue weighted by Gasteiger charge is 2.20. The van der Waals surface area contributed by atoms with Crippen molar-refractivity contribution in [3.63, 3.8) is 0 Å². The first-order valence-electron chi connectivity index (χ1n) is 7.96. The number of nitrogens with two attached hydrogens (primary N) is 1. The van der Waals surface area contributed by atoms with Gasteiger partial charge in [-0.3, -0.25) is 0 Å². The molecule has 0 amide bonds. The smallest absolute Gasteiger partial charge is 0.132 e. The topological polar surface area (TPSA) is 58.3 Å². The van der Waals surface area contributed by atoms with E-state index in [1.54, 1.807) is 0 Å². The SMILES string of the molecule is Cc1nc(CCN)cc(N2CCN(c3ccccc3Cl)CC2)n1. The van der Waals surface area contributed by atoms with Gasteiger partial charge in [-0.2, -0.15) is 0 Å². The second-order valence-electron chi connectivity index (χ2n) is 5.73. The summed E-state index contributed by atoms with van der Waals surface area (Å²) in [6.45, 7) is 6.24. The highest BCUT2D eigenvalue weighted by Crippen LogP contribution is 2.27. The highest BCUT2D eigenvalue weighted by atomic mass is 35.5. The molecule has 0 bridgehead atoms. The van der Waals surface area contributed by atoms with Crippen molar-refractivity contribution >= 4 is 23.1 Å². The first-order valence-corrected chi connectivity index (χ1v) is 8.34. The number of hydrogen-bond acceptors (Lipinski definition) is 5. The van der Waals surface area contributed by atoms with Crippen LogP contribution in [0.25, 0.3) is 0 Å². The fourth-order valence-electron chi connectivity index (χ4n) is 2.93. The minimum atomic E-state index is 0.607. The molecule has 3 rings (SSSR count). The molecule has 0 spiro atoms. The molecule has 0 radical (unpaired) electrons. The zero-order chi connectivity index (χ0) is 16.2. The van der Waals surface area contributed by atoms with Gasteiger partial charge in [-0.1, -0.05) is 23.7 Å². The molecular formula is C17H22ClN5. The number of aromatic nitrogens is 2. The number of aryl methyl sites for hydroxylation is 1. The summed E-state index contributed by atoms with van der Waals surface area (Å²) in [4.78, 5) is 13.7. The predicted molar refractivity (Wildman–Crippen MR) is 95.4 cm³/mol. The lowest BCUT2D eigenvalue weighted by atomic mass is 10.2. The summed E-state index contributed by atoms with van der Waals surface area (Å²) in [5.74, 6) is 1.80. The Kier molecular flexibility index (Phi) is 4.98. The summed E-state index contributed by atoms with van der Waals surface area (Å²) in [6, 6.07) is 10.1. The van der Waals surface area contributed by atoms with Crippen molar-refractivity contribution in [2.75, 3.05) is 42.5 Å². The Morgan fingerprint density at radius 1 is 1.09 bits per heavy atom. The van der Waals surface area contributed by atoms with Crippen LogP contribution >= 0.6 is 11.6 Å². The summed E-state index contributed by atoms with van der Waals surface area (Å²) in [5.41, 5.74) is 7.77. The van der Waals surface area contributed by atoms with Gasteiger partial charge in [0, 0.05) is 44.4 Å². The average molecular weight is 332 g/mol. The first-order chi connectivity index (χ1) is 11.2. The molecule has 1 saturated heterocycles. The van der Waals surface area contributed by atoms with E-state index in [1.165, 1.54) is 0 Å². The number of hydrogen-bond donors (Lipinski definition) is 1. The Morgan fingerprint density at radius 2 is 1.78 bits per heavy atom. The van der Waals surface area contributed by atoms with Gasteiger partial charge in [0.15, 0.2) is 0 Å². The summed E-state index contributed by atoms with van der Waals surface area (Å²) < 4.78 is 0. The number of para-hydroxylation sites is 1. The third kappa shape index (κ3) is 3.74. The van der Waals surface area contributed by atoms with Crippen LogP contribution in [-0.4, -0.2) is 42.7 Å². The lowest BCUT2D eigenvalue weighted by Crippen LogP contribution is -2.47. The van der Waals surface area contributed by atoms with Gasteiger partial charge in [0.05, 0.1) is 10.7 Å². The Balaban J connectivity index is 1.71. The first kappa shape index (κ1) is 16.0. The number of halogens is 1. The molecule has 0 unspecified atom stereocenters. The van der Waals surface area contributed by atoms with E-state index in [0.29, 0.717) is 6.54 Å². The van der Waals surface area contributed by atoms with Crippen molar-refractivity contribution in [2.24, 2.45) is 5.73 Å². The molecule has 1 aliphatic rings. The molecule has 2 aromatic rings. The fourth-order valence-corrected chi connectivity index (χ4v) is 3.19. The summed E-state index contributed by atoms with van der Waals surface area (Å²) >= 11 is 6.30. The van der Waals surface area contributed by atoms with Crippen LogP contribution in [0.1, 0.15) is 11.5 Å². The van der Waals surface area contributed by atoms with Gasteiger partial charge in [0.1, 0.15) is 11.6 Å². The second-order valence-corrected chi connectivity index (χ2v) is 6.14. The van der Waals surface area contributed by atoms with E-state index in [2.05, 4.69) is 31.9 Å². The van der Waals surface area contributed by atoms with E-state index in [1.807, 2.05) is 25.1 Å². The quantitative estimate of drug-likeness (QED) is 0.931. The van der Waals surface area contributed by atoms with Gasteiger partial charge >= 0.3 is 0 Å². The van der Waals surface area contributed by atoms with Crippen molar-refractivity contribution in [1.82, 2.24) is 9.97 Å². The lowest BCUT2D eigenvalue weighted by molar-refractivity contribution is 0.644. The third-order valence-electron chi connectivity index (χ3n) is 4.07. The van der Waals surface area contributed by atoms with Crippen molar-refractivity contribution < 1.29 is 0 Å². The van der Waals surface area contributed by atoms with Gasteiger partial charge in [-0.15, -0.1) is 0 Å². The molecule has 0 aliphatic carbocycles. The minimum absolute atomic E-state index is 0.607. The maximum absolute atomic E-state index is 6.30. The van der Waals surface area contributed by atoms with Crippen LogP contribution in [0.5, 0.6) is 0 Å². The molecule has 1 aromatic carbocycles. The molecule has 122 valence electrons. The molecule has 1 aliphatic heterocycles. The maximum atomic E-state index is 6.30. The predicted octanol–water partition coefficient (Wildman–Crippen LogP) is 2.27. The van der Waals surface area contributed by atoms with Crippen molar-refractivity contribution in [3.05, 3.63) is 46.9 Å². The molecule has 0 atom stereocenters. The van der Waals surface area contributed by atoms with Crippen molar-refractivity contribution in [2.45, 2.75) is 13.3 Å². The highest BCUT2D eigenvalue weighted by molar-refractivity contribution is 6.33. The number of rotatable bonds is 4. The molecule has 23 heavy (non-hydrogen) atoms. The van der Waals surface area contributed by atoms with Gasteiger partial charge in [0.2, 0.25) is 0 Å². The molecule has 0 saturated carbocycles. The van der Waals surface area contributed by atoms with Gasteiger partial charge in [-0.05, 0) is 25.6 Å². The second kappa shape index (κ2) is 7.15. The summed E-state index contributed by atoms with van der Waals surface area (Å²) in [7, 11) is 0. The van der Waals surface area contributed by atoms with E-state index in [4.69, 9.17) is 17.3 Å². The molecule has 5 nitrogen and oxygen atoms in total. The Labute approximate surface area is 142 Å². The van der Waals surface area contributed by atoms with E-state index in [-0.39, 0.29) is 0 Å². The molecule has 2 N–H and O–H groups in total. The Hall–Kier alpha value is -1.85. The van der Waals surface area contributed by atoms with Crippen LogP contribution in [0, 0.1) is 6.92 Å². The largest absolute Gasteiger partial charge is 0.367 e. The zero-order valence-electron chi connectivity index (χ0n) is 13.4. The summed E-state index contributed by atoms with van der Waals surface area (Å²) in [5, 5.41) is 0.809. The van der Waals surface area contributed by atoms with E-state index < -0.39 is 0 Å². The standard InChI is InChI=1S/C17H22ClN5/c1-13-20-14(6-7-19)12-17(21-13)23-10-8-22(9-11-23)16-5-3-2-4-15(16)18/h2-5,12H,6-11,19H2,1H3. The normalized spacial score (nSPS) is 15.1. The number of benzene rings is 1. The maximum Gasteiger partial charge on any atom is 0.132 e. The molecule has 6 heteroatoms. The average Bonchev–Trinajstić information content (AvgIpc) is 2.55. The van der Waals surface area contributed by atoms with Crippen molar-refractivity contribution in [1.29, 1.82) is 0 Å². The Bertz CT molecular complexity index is 668. The number of nitrogens with zero attached hydrogens (tertiary/aromatic N) is 4. The molecular weight excluding hydrogens is 310 g/mol. The monoisotopic (exact) mass is 331 g/mol. The van der Waals surface area contributed by atoms with Crippen LogP contribution in [0.3, 0.4) is 0 Å². The molecule has 2 heterocycles. The minimum Gasteiger partial charge on any atom is -0.367 e. The fraction of sp³-hybridized carbons (Fsp3) is 0.412. The van der Waals surface area contributed by atoms with E-state index in [9.17, 15) is 0 Å². The van der Waals surface area contributed by atoms with Gasteiger partial charge in [0.25, 0.3) is 0 Å². The molecule has 1 aromatic heterocycles. The van der Waals surface area contributed by atoms with Gasteiger partial charge < -0.3 is 15.5 Å². The summed E-state index contributed by atoms with van der Waals surface area (Å²) in [6.07, 6.45) is 0.788. The van der Waals surface area contributed by atoms with Crippen LogP contribution in [0.15, 0.2) is 30.3 Å². The molecule has 1 fully saturated rings. The number of piperazine rings is 1. The van der Waals surface area contributed by atoms with Crippen LogP contribution in [-0.2, 0) is 6.42 Å². The van der Waals surface area contributed by atoms with Crippen LogP contribution in [0.2, 0.25) is 5.02 Å². The lowest BCUT2D eigenvalue weighted by Gasteiger charge is -2.37. The van der Waals surface area contributed by atoms with E-state index in [0.717, 1.165) is 60.6 Å². The third-order valence-corrected chi connectivity index (χ3v) is 4.39. The van der Waals surface area contributed by atoms with Crippen LogP contribution in [0.4, 0.5) is 11.5 Å². The number of anilines is 2. The van der Waals surface area contributed by atoms with Crippen LogP contribution < -0.4 is 15.5 Å². The Morgan fingerprint density at radius 3 is 2.48 bits per heavy atom. The van der Waals surface area contributed by atoms with Gasteiger partial charge in [-0.25, -0.2) is 9.97 Å². The zero-order valence-corrected chi connectivity index (χ0v) is 14.1. The van der Waals surface area contributed by atoms with E-state index >= 15 is 0 Å². The van der Waals surface area contributed by atoms with Crippen molar-refractivity contribution in [3.8, 4) is 0 Å².